The molecule has 10 nitrogen and oxygen atoms in total. The van der Waals surface area contributed by atoms with Gasteiger partial charge in [-0.1, -0.05) is 30.2 Å². The van der Waals surface area contributed by atoms with Gasteiger partial charge in [-0.3, -0.25) is 18.8 Å². The van der Waals surface area contributed by atoms with Crippen molar-refractivity contribution in [1.82, 2.24) is 39.2 Å². The topological polar surface area (TPSA) is 112 Å². The smallest absolute Gasteiger partial charge is 0.267 e. The molecule has 0 aliphatic carbocycles. The van der Waals surface area contributed by atoms with E-state index in [0.717, 1.165) is 5.69 Å². The second-order valence-corrected chi connectivity index (χ2v) is 9.28. The van der Waals surface area contributed by atoms with Crippen LogP contribution < -0.4 is 10.9 Å². The second kappa shape index (κ2) is 9.96. The predicted octanol–water partition coefficient (Wildman–Crippen LogP) is 3.36. The molecule has 0 fully saturated rings. The molecular formula is C30H24N8O2. The lowest BCUT2D eigenvalue weighted by Crippen LogP contribution is -2.33. The van der Waals surface area contributed by atoms with E-state index < -0.39 is 6.04 Å². The first-order valence-electron chi connectivity index (χ1n) is 12.6. The predicted molar refractivity (Wildman–Crippen MR) is 150 cm³/mol. The van der Waals surface area contributed by atoms with E-state index in [4.69, 9.17) is 4.98 Å². The standard InChI is InChI=1S/C30H24N8O2/c1-19-25(28-31-16-8-18-37(28)35-19)29(39)33-20(2)27-34-24-12-7-9-21(13-14-22-15-17-32-36(22)3)26(24)30(40)38(27)23-10-5-4-6-11-23/h4-12,15-18,20H,1-3H3,(H,33,39). The van der Waals surface area contributed by atoms with E-state index >= 15 is 0 Å². The van der Waals surface area contributed by atoms with Gasteiger partial charge in [0, 0.05) is 25.0 Å². The number of nitrogens with zero attached hydrogens (tertiary/aromatic N) is 7. The van der Waals surface area contributed by atoms with Gasteiger partial charge in [0.05, 0.1) is 34.5 Å². The molecule has 0 aliphatic heterocycles. The highest BCUT2D eigenvalue weighted by Crippen LogP contribution is 2.21. The van der Waals surface area contributed by atoms with E-state index in [-0.39, 0.29) is 11.5 Å². The van der Waals surface area contributed by atoms with Crippen LogP contribution in [0.2, 0.25) is 0 Å². The Kier molecular flexibility index (Phi) is 6.16. The van der Waals surface area contributed by atoms with Crippen LogP contribution in [0.4, 0.5) is 0 Å². The third-order valence-corrected chi connectivity index (χ3v) is 6.62. The number of hydrogen-bond acceptors (Lipinski definition) is 6. The van der Waals surface area contributed by atoms with Crippen LogP contribution in [0.3, 0.4) is 0 Å². The Morgan fingerprint density at radius 3 is 2.60 bits per heavy atom. The van der Waals surface area contributed by atoms with Crippen LogP contribution in [0.15, 0.2) is 84.0 Å². The first-order valence-corrected chi connectivity index (χ1v) is 12.6. The van der Waals surface area contributed by atoms with Crippen LogP contribution in [-0.4, -0.2) is 39.8 Å². The van der Waals surface area contributed by atoms with Crippen molar-refractivity contribution in [1.29, 1.82) is 0 Å². The number of hydrogen-bond donors (Lipinski definition) is 1. The molecule has 6 rings (SSSR count). The van der Waals surface area contributed by atoms with Crippen molar-refractivity contribution < 1.29 is 4.79 Å². The number of carbonyl (C=O) groups is 1. The van der Waals surface area contributed by atoms with E-state index in [1.807, 2.05) is 49.5 Å². The minimum absolute atomic E-state index is 0.281. The maximum atomic E-state index is 14.1. The maximum absolute atomic E-state index is 14.1. The van der Waals surface area contributed by atoms with Crippen molar-refractivity contribution >= 4 is 22.5 Å². The molecule has 4 aromatic heterocycles. The molecular weight excluding hydrogens is 504 g/mol. The minimum atomic E-state index is -0.632. The summed E-state index contributed by atoms with van der Waals surface area (Å²) in [6, 6.07) is 17.5. The zero-order valence-electron chi connectivity index (χ0n) is 22.0. The second-order valence-electron chi connectivity index (χ2n) is 9.28. The molecule has 0 spiro atoms. The number of aromatic nitrogens is 7. The average molecular weight is 529 g/mol. The summed E-state index contributed by atoms with van der Waals surface area (Å²) in [6.07, 6.45) is 5.02. The molecule has 0 aliphatic rings. The van der Waals surface area contributed by atoms with Gasteiger partial charge in [-0.2, -0.15) is 10.2 Å². The number of benzene rings is 2. The summed E-state index contributed by atoms with van der Waals surface area (Å²) < 4.78 is 4.77. The fraction of sp³-hybridized carbons (Fsp3) is 0.133. The van der Waals surface area contributed by atoms with Crippen LogP contribution in [-0.2, 0) is 7.05 Å². The van der Waals surface area contributed by atoms with E-state index in [1.165, 1.54) is 4.57 Å². The lowest BCUT2D eigenvalue weighted by atomic mass is 10.1. The summed E-state index contributed by atoms with van der Waals surface area (Å²) in [6.45, 7) is 3.56. The van der Waals surface area contributed by atoms with Gasteiger partial charge < -0.3 is 5.32 Å². The number of fused-ring (bicyclic) bond motifs is 2. The fourth-order valence-corrected chi connectivity index (χ4v) is 4.69. The number of carbonyl (C=O) groups excluding carboxylic acids is 1. The minimum Gasteiger partial charge on any atom is -0.342 e. The summed E-state index contributed by atoms with van der Waals surface area (Å²) in [5.74, 6) is 6.24. The first kappa shape index (κ1) is 24.8. The van der Waals surface area contributed by atoms with Crippen LogP contribution in [0.1, 0.15) is 46.1 Å². The zero-order valence-corrected chi connectivity index (χ0v) is 22.0. The highest BCUT2D eigenvalue weighted by Gasteiger charge is 2.24. The molecule has 196 valence electrons. The van der Waals surface area contributed by atoms with Gasteiger partial charge in [-0.05, 0) is 56.2 Å². The van der Waals surface area contributed by atoms with Gasteiger partial charge in [0.25, 0.3) is 11.5 Å². The molecule has 1 amide bonds. The number of rotatable bonds is 4. The largest absolute Gasteiger partial charge is 0.342 e. The van der Waals surface area contributed by atoms with Crippen LogP contribution in [0.5, 0.6) is 0 Å². The molecule has 0 saturated heterocycles. The Hall–Kier alpha value is -5.56. The summed E-state index contributed by atoms with van der Waals surface area (Å²) in [4.78, 5) is 36.8. The monoisotopic (exact) mass is 528 g/mol. The summed E-state index contributed by atoms with van der Waals surface area (Å²) in [5, 5.41) is 11.9. The van der Waals surface area contributed by atoms with Crippen molar-refractivity contribution in [2.75, 3.05) is 0 Å². The van der Waals surface area contributed by atoms with Crippen molar-refractivity contribution in [3.63, 3.8) is 0 Å². The van der Waals surface area contributed by atoms with Gasteiger partial charge in [-0.15, -0.1) is 0 Å². The Labute approximate surface area is 228 Å². The summed E-state index contributed by atoms with van der Waals surface area (Å²) in [5.41, 5.74) is 3.47. The highest BCUT2D eigenvalue weighted by atomic mass is 16.2. The molecule has 1 atom stereocenters. The quantitative estimate of drug-likeness (QED) is 0.351. The molecule has 40 heavy (non-hydrogen) atoms. The van der Waals surface area contributed by atoms with Crippen molar-refractivity contribution in [3.8, 4) is 17.5 Å². The third kappa shape index (κ3) is 4.29. The molecule has 0 saturated carbocycles. The van der Waals surface area contributed by atoms with Crippen LogP contribution in [0, 0.1) is 18.8 Å². The number of para-hydroxylation sites is 1. The number of nitrogens with one attached hydrogen (secondary N) is 1. The lowest BCUT2D eigenvalue weighted by Gasteiger charge is -2.20. The molecule has 0 radical (unpaired) electrons. The van der Waals surface area contributed by atoms with Crippen LogP contribution >= 0.6 is 0 Å². The zero-order chi connectivity index (χ0) is 27.8. The molecule has 6 aromatic rings. The molecule has 10 heteroatoms. The van der Waals surface area contributed by atoms with Gasteiger partial charge >= 0.3 is 0 Å². The summed E-state index contributed by atoms with van der Waals surface area (Å²) in [7, 11) is 1.81. The van der Waals surface area contributed by atoms with E-state index in [2.05, 4.69) is 32.3 Å². The van der Waals surface area contributed by atoms with E-state index in [1.54, 1.807) is 59.8 Å². The van der Waals surface area contributed by atoms with E-state index in [0.29, 0.717) is 44.9 Å². The van der Waals surface area contributed by atoms with Gasteiger partial charge in [0.1, 0.15) is 17.1 Å². The Bertz CT molecular complexity index is 2030. The van der Waals surface area contributed by atoms with E-state index in [9.17, 15) is 9.59 Å². The van der Waals surface area contributed by atoms with Crippen molar-refractivity contribution in [2.24, 2.45) is 7.05 Å². The Morgan fingerprint density at radius 2 is 1.82 bits per heavy atom. The van der Waals surface area contributed by atoms with Gasteiger partial charge in [0.15, 0.2) is 5.65 Å². The van der Waals surface area contributed by atoms with Gasteiger partial charge in [-0.25, -0.2) is 14.5 Å². The van der Waals surface area contributed by atoms with Gasteiger partial charge in [0.2, 0.25) is 0 Å². The molecule has 0 bridgehead atoms. The van der Waals surface area contributed by atoms with Crippen molar-refractivity contribution in [3.05, 3.63) is 118 Å². The first-order chi connectivity index (χ1) is 19.4. The normalized spacial score (nSPS) is 11.8. The SMILES string of the molecule is Cc1nn2cccnc2c1C(=O)NC(C)c1nc2cccc(C#Cc3ccnn3C)c2c(=O)n1-c1ccccc1. The number of aryl methyl sites for hydroxylation is 2. The van der Waals surface area contributed by atoms with Crippen molar-refractivity contribution in [2.45, 2.75) is 19.9 Å². The maximum Gasteiger partial charge on any atom is 0.267 e. The lowest BCUT2D eigenvalue weighted by molar-refractivity contribution is 0.0938. The summed E-state index contributed by atoms with van der Waals surface area (Å²) >= 11 is 0. The number of amides is 1. The molecule has 1 unspecified atom stereocenters. The fourth-order valence-electron chi connectivity index (χ4n) is 4.69. The Balaban J connectivity index is 1.48. The Morgan fingerprint density at radius 1 is 1.00 bits per heavy atom. The van der Waals surface area contributed by atoms with Crippen LogP contribution in [0.25, 0.3) is 22.2 Å². The highest BCUT2D eigenvalue weighted by molar-refractivity contribution is 6.01. The third-order valence-electron chi connectivity index (χ3n) is 6.62. The molecule has 4 heterocycles. The molecule has 1 N–H and O–H groups in total. The average Bonchev–Trinajstić information content (AvgIpc) is 3.53. The molecule has 2 aromatic carbocycles.